The van der Waals surface area contributed by atoms with Crippen molar-refractivity contribution in [1.29, 1.82) is 0 Å². The zero-order valence-electron chi connectivity index (χ0n) is 15.4. The first-order valence-corrected chi connectivity index (χ1v) is 8.82. The van der Waals surface area contributed by atoms with Crippen LogP contribution in [0.5, 0.6) is 0 Å². The van der Waals surface area contributed by atoms with Gasteiger partial charge in [0.05, 0.1) is 24.5 Å². The van der Waals surface area contributed by atoms with Crippen molar-refractivity contribution in [2.45, 2.75) is 51.6 Å². The quantitative estimate of drug-likeness (QED) is 0.848. The Balaban J connectivity index is 1.89. The number of aromatic nitrogens is 2. The van der Waals surface area contributed by atoms with Gasteiger partial charge < -0.3 is 14.5 Å². The molecule has 0 atom stereocenters. The highest BCUT2D eigenvalue weighted by Crippen LogP contribution is 2.35. The number of aromatic amines is 1. The van der Waals surface area contributed by atoms with Crippen molar-refractivity contribution in [2.24, 2.45) is 0 Å². The first kappa shape index (κ1) is 17.7. The van der Waals surface area contributed by atoms with Gasteiger partial charge in [-0.3, -0.25) is 0 Å². The molecule has 0 amide bonds. The highest BCUT2D eigenvalue weighted by Gasteiger charge is 2.25. The first-order chi connectivity index (χ1) is 12.0. The van der Waals surface area contributed by atoms with Gasteiger partial charge in [-0.2, -0.15) is 0 Å². The molecule has 1 aromatic carbocycles. The SMILES string of the molecule is COC(=O)c1ccc(C)c(-c2nc(C3CCC(OC)CC3)[nH]c2C)c1. The smallest absolute Gasteiger partial charge is 0.337 e. The lowest BCUT2D eigenvalue weighted by Crippen LogP contribution is -2.19. The standard InChI is InChI=1S/C20H26N2O3/c1-12-5-6-15(20(23)25-4)11-17(12)18-13(2)21-19(22-18)14-7-9-16(24-3)10-8-14/h5-6,11,14,16H,7-10H2,1-4H3,(H,21,22). The van der Waals surface area contributed by atoms with E-state index < -0.39 is 0 Å². The Bertz CT molecular complexity index is 758. The molecule has 0 saturated heterocycles. The van der Waals surface area contributed by atoms with Crippen molar-refractivity contribution >= 4 is 5.97 Å². The molecule has 1 aromatic heterocycles. The molecule has 25 heavy (non-hydrogen) atoms. The molecular weight excluding hydrogens is 316 g/mol. The van der Waals surface area contributed by atoms with Gasteiger partial charge in [0.25, 0.3) is 0 Å². The Labute approximate surface area is 148 Å². The lowest BCUT2D eigenvalue weighted by molar-refractivity contribution is 0.0600. The number of nitrogens with one attached hydrogen (secondary N) is 1. The van der Waals surface area contributed by atoms with Crippen molar-refractivity contribution < 1.29 is 14.3 Å². The summed E-state index contributed by atoms with van der Waals surface area (Å²) >= 11 is 0. The zero-order valence-corrected chi connectivity index (χ0v) is 15.4. The molecule has 1 saturated carbocycles. The van der Waals surface area contributed by atoms with E-state index in [1.165, 1.54) is 7.11 Å². The Morgan fingerprint density at radius 3 is 2.52 bits per heavy atom. The van der Waals surface area contributed by atoms with Crippen LogP contribution in [0.1, 0.15) is 59.0 Å². The van der Waals surface area contributed by atoms with Crippen molar-refractivity contribution in [3.05, 3.63) is 40.8 Å². The number of nitrogens with zero attached hydrogens (tertiary/aromatic N) is 1. The van der Waals surface area contributed by atoms with Gasteiger partial charge in [-0.15, -0.1) is 0 Å². The molecule has 0 aliphatic heterocycles. The van der Waals surface area contributed by atoms with E-state index in [1.807, 2.05) is 26.0 Å². The largest absolute Gasteiger partial charge is 0.465 e. The average molecular weight is 342 g/mol. The van der Waals surface area contributed by atoms with Gasteiger partial charge in [-0.1, -0.05) is 6.07 Å². The minimum atomic E-state index is -0.326. The van der Waals surface area contributed by atoms with Gasteiger partial charge in [0.1, 0.15) is 5.82 Å². The van der Waals surface area contributed by atoms with Crippen LogP contribution in [-0.4, -0.2) is 36.3 Å². The second-order valence-electron chi connectivity index (χ2n) is 6.83. The normalized spacial score (nSPS) is 20.5. The molecule has 5 heteroatoms. The van der Waals surface area contributed by atoms with Gasteiger partial charge in [-0.25, -0.2) is 9.78 Å². The Kier molecular flexibility index (Phi) is 5.23. The van der Waals surface area contributed by atoms with Crippen LogP contribution in [0.3, 0.4) is 0 Å². The third kappa shape index (κ3) is 3.61. The second kappa shape index (κ2) is 7.40. The predicted molar refractivity (Wildman–Crippen MR) is 96.8 cm³/mol. The Morgan fingerprint density at radius 1 is 1.16 bits per heavy atom. The van der Waals surface area contributed by atoms with E-state index in [2.05, 4.69) is 4.98 Å². The van der Waals surface area contributed by atoms with Crippen molar-refractivity contribution in [3.63, 3.8) is 0 Å². The van der Waals surface area contributed by atoms with Crippen LogP contribution in [0.4, 0.5) is 0 Å². The number of H-pyrrole nitrogens is 1. The number of imidazole rings is 1. The Morgan fingerprint density at radius 2 is 1.88 bits per heavy atom. The van der Waals surface area contributed by atoms with Crippen LogP contribution >= 0.6 is 0 Å². The van der Waals surface area contributed by atoms with Gasteiger partial charge in [0, 0.05) is 24.3 Å². The molecular formula is C20H26N2O3. The summed E-state index contributed by atoms with van der Waals surface area (Å²) in [6.45, 7) is 4.07. The number of rotatable bonds is 4. The number of carbonyl (C=O) groups is 1. The second-order valence-corrected chi connectivity index (χ2v) is 6.83. The molecule has 1 N–H and O–H groups in total. The van der Waals surface area contributed by atoms with Crippen LogP contribution in [0, 0.1) is 13.8 Å². The van der Waals surface area contributed by atoms with E-state index in [4.69, 9.17) is 14.5 Å². The van der Waals surface area contributed by atoms with Crippen molar-refractivity contribution in [1.82, 2.24) is 9.97 Å². The van der Waals surface area contributed by atoms with E-state index >= 15 is 0 Å². The average Bonchev–Trinajstić information content (AvgIpc) is 3.03. The maximum Gasteiger partial charge on any atom is 0.337 e. The van der Waals surface area contributed by atoms with Crippen LogP contribution in [-0.2, 0) is 9.47 Å². The van der Waals surface area contributed by atoms with E-state index in [0.717, 1.165) is 54.0 Å². The van der Waals surface area contributed by atoms with E-state index in [1.54, 1.807) is 13.2 Å². The fourth-order valence-corrected chi connectivity index (χ4v) is 3.63. The number of hydrogen-bond donors (Lipinski definition) is 1. The molecule has 0 radical (unpaired) electrons. The highest BCUT2D eigenvalue weighted by molar-refractivity contribution is 5.91. The van der Waals surface area contributed by atoms with E-state index in [-0.39, 0.29) is 5.97 Å². The number of benzene rings is 1. The summed E-state index contributed by atoms with van der Waals surface area (Å²) in [5, 5.41) is 0. The topological polar surface area (TPSA) is 64.2 Å². The third-order valence-corrected chi connectivity index (χ3v) is 5.21. The summed E-state index contributed by atoms with van der Waals surface area (Å²) in [7, 11) is 3.19. The predicted octanol–water partition coefficient (Wildman–Crippen LogP) is 4.15. The fraction of sp³-hybridized carbons (Fsp3) is 0.500. The maximum absolute atomic E-state index is 11.8. The molecule has 3 rings (SSSR count). The molecule has 0 spiro atoms. The fourth-order valence-electron chi connectivity index (χ4n) is 3.63. The Hall–Kier alpha value is -2.14. The molecule has 5 nitrogen and oxygen atoms in total. The van der Waals surface area contributed by atoms with Gasteiger partial charge >= 0.3 is 5.97 Å². The molecule has 0 unspecified atom stereocenters. The molecule has 134 valence electrons. The summed E-state index contributed by atoms with van der Waals surface area (Å²) in [5.41, 5.74) is 4.58. The molecule has 1 fully saturated rings. The first-order valence-electron chi connectivity index (χ1n) is 8.82. The number of ether oxygens (including phenoxy) is 2. The third-order valence-electron chi connectivity index (χ3n) is 5.21. The summed E-state index contributed by atoms with van der Waals surface area (Å²) in [6, 6.07) is 5.61. The number of methoxy groups -OCH3 is 2. The summed E-state index contributed by atoms with van der Waals surface area (Å²) in [4.78, 5) is 20.2. The van der Waals surface area contributed by atoms with Crippen LogP contribution < -0.4 is 0 Å². The minimum absolute atomic E-state index is 0.326. The van der Waals surface area contributed by atoms with Crippen LogP contribution in [0.2, 0.25) is 0 Å². The van der Waals surface area contributed by atoms with Gasteiger partial charge in [0.2, 0.25) is 0 Å². The van der Waals surface area contributed by atoms with Crippen molar-refractivity contribution in [2.75, 3.05) is 14.2 Å². The number of aryl methyl sites for hydroxylation is 2. The molecule has 1 heterocycles. The van der Waals surface area contributed by atoms with Crippen LogP contribution in [0.25, 0.3) is 11.3 Å². The summed E-state index contributed by atoms with van der Waals surface area (Å²) in [6.07, 6.45) is 4.71. The monoisotopic (exact) mass is 342 g/mol. The van der Waals surface area contributed by atoms with E-state index in [0.29, 0.717) is 17.6 Å². The molecule has 1 aliphatic carbocycles. The van der Waals surface area contributed by atoms with E-state index in [9.17, 15) is 4.79 Å². The molecule has 0 bridgehead atoms. The lowest BCUT2D eigenvalue weighted by atomic mass is 9.87. The maximum atomic E-state index is 11.8. The number of esters is 1. The number of hydrogen-bond acceptors (Lipinski definition) is 4. The van der Waals surface area contributed by atoms with Gasteiger partial charge in [0.15, 0.2) is 0 Å². The number of carbonyl (C=O) groups excluding carboxylic acids is 1. The van der Waals surface area contributed by atoms with Crippen molar-refractivity contribution in [3.8, 4) is 11.3 Å². The van der Waals surface area contributed by atoms with Gasteiger partial charge in [-0.05, 0) is 57.2 Å². The summed E-state index contributed by atoms with van der Waals surface area (Å²) in [5.74, 6) is 1.17. The highest BCUT2D eigenvalue weighted by atomic mass is 16.5. The zero-order chi connectivity index (χ0) is 18.0. The molecule has 1 aliphatic rings. The van der Waals surface area contributed by atoms with Crippen LogP contribution in [0.15, 0.2) is 18.2 Å². The summed E-state index contributed by atoms with van der Waals surface area (Å²) < 4.78 is 10.3. The lowest BCUT2D eigenvalue weighted by Gasteiger charge is -2.26. The minimum Gasteiger partial charge on any atom is -0.465 e. The molecule has 2 aromatic rings.